The molecule has 0 radical (unpaired) electrons. The number of alkyl halides is 3. The van der Waals surface area contributed by atoms with Gasteiger partial charge in [0, 0.05) is 7.05 Å². The molecule has 0 saturated carbocycles. The van der Waals surface area contributed by atoms with Crippen LogP contribution in [0.15, 0.2) is 24.3 Å². The third kappa shape index (κ3) is 2.54. The van der Waals surface area contributed by atoms with Crippen molar-refractivity contribution in [3.63, 3.8) is 0 Å². The number of carbonyl (C=O) groups is 2. The van der Waals surface area contributed by atoms with Gasteiger partial charge in [-0.25, -0.2) is 9.69 Å². The Morgan fingerprint density at radius 1 is 1.15 bits per heavy atom. The number of ether oxygens (including phenoxy) is 1. The summed E-state index contributed by atoms with van der Waals surface area (Å²) in [6.45, 7) is 1.57. The van der Waals surface area contributed by atoms with E-state index in [4.69, 9.17) is 0 Å². The summed E-state index contributed by atoms with van der Waals surface area (Å²) < 4.78 is 39.8. The number of nitrogens with zero attached hydrogens (tertiary/aromatic N) is 2. The fraction of sp³-hybridized carbons (Fsp3) is 0.333. The molecule has 20 heavy (non-hydrogen) atoms. The summed E-state index contributed by atoms with van der Waals surface area (Å²) in [6, 6.07) is 3.42. The Balaban J connectivity index is 2.23. The fourth-order valence-electron chi connectivity index (χ4n) is 1.80. The van der Waals surface area contributed by atoms with E-state index in [0.29, 0.717) is 0 Å². The average molecular weight is 288 g/mol. The minimum absolute atomic E-state index is 0.200. The normalized spacial score (nSPS) is 19.8. The van der Waals surface area contributed by atoms with E-state index in [0.717, 1.165) is 17.0 Å². The third-order valence-electron chi connectivity index (χ3n) is 2.98. The number of hydrogen-bond donors (Lipinski definition) is 0. The first-order valence-electron chi connectivity index (χ1n) is 5.67. The number of carbonyl (C=O) groups excluding carboxylic acids is 2. The smallest absolute Gasteiger partial charge is 0.406 e. The number of anilines is 1. The molecule has 8 heteroatoms. The van der Waals surface area contributed by atoms with Crippen molar-refractivity contribution in [3.8, 4) is 5.75 Å². The first-order chi connectivity index (χ1) is 9.20. The van der Waals surface area contributed by atoms with Crippen molar-refractivity contribution in [1.29, 1.82) is 0 Å². The lowest BCUT2D eigenvalue weighted by Gasteiger charge is -2.15. The molecular weight excluding hydrogens is 277 g/mol. The number of hydrogen-bond acceptors (Lipinski definition) is 3. The molecule has 0 aliphatic carbocycles. The van der Waals surface area contributed by atoms with Gasteiger partial charge in [0.2, 0.25) is 0 Å². The second-order valence-electron chi connectivity index (χ2n) is 4.28. The topological polar surface area (TPSA) is 49.9 Å². The minimum atomic E-state index is -4.78. The molecule has 1 saturated heterocycles. The SMILES string of the molecule is CC1C(=O)N(c2ccc(OC(F)(F)F)cc2)C(=O)N1C. The molecule has 1 aliphatic heterocycles. The number of benzene rings is 1. The van der Waals surface area contributed by atoms with Crippen LogP contribution in [0.4, 0.5) is 23.7 Å². The van der Waals surface area contributed by atoms with Crippen LogP contribution < -0.4 is 9.64 Å². The van der Waals surface area contributed by atoms with Gasteiger partial charge < -0.3 is 9.64 Å². The Kier molecular flexibility index (Phi) is 3.33. The number of likely N-dealkylation sites (N-methyl/N-ethyl adjacent to an activating group) is 1. The van der Waals surface area contributed by atoms with Crippen molar-refractivity contribution in [1.82, 2.24) is 4.90 Å². The van der Waals surface area contributed by atoms with Crippen molar-refractivity contribution >= 4 is 17.6 Å². The summed E-state index contributed by atoms with van der Waals surface area (Å²) in [4.78, 5) is 25.9. The van der Waals surface area contributed by atoms with E-state index in [1.165, 1.54) is 24.1 Å². The van der Waals surface area contributed by atoms with Crippen LogP contribution in [0.5, 0.6) is 5.75 Å². The van der Waals surface area contributed by atoms with Gasteiger partial charge in [-0.15, -0.1) is 13.2 Å². The summed E-state index contributed by atoms with van der Waals surface area (Å²) >= 11 is 0. The van der Waals surface area contributed by atoms with Gasteiger partial charge in [0.05, 0.1) is 5.69 Å². The molecule has 1 aromatic rings. The predicted molar refractivity (Wildman–Crippen MR) is 63.2 cm³/mol. The van der Waals surface area contributed by atoms with Crippen LogP contribution in [-0.2, 0) is 4.79 Å². The Morgan fingerprint density at radius 3 is 2.10 bits per heavy atom. The Morgan fingerprint density at radius 2 is 1.70 bits per heavy atom. The lowest BCUT2D eigenvalue weighted by Crippen LogP contribution is -2.31. The molecule has 2 rings (SSSR count). The van der Waals surface area contributed by atoms with Crippen molar-refractivity contribution in [2.75, 3.05) is 11.9 Å². The molecule has 1 atom stereocenters. The standard InChI is InChI=1S/C12H11F3N2O3/c1-7-10(18)17(11(19)16(7)2)8-3-5-9(6-4-8)20-12(13,14)15/h3-7H,1-2H3. The van der Waals surface area contributed by atoms with Crippen LogP contribution in [0.1, 0.15) is 6.92 Å². The molecule has 1 unspecified atom stereocenters. The minimum Gasteiger partial charge on any atom is -0.406 e. The maximum Gasteiger partial charge on any atom is 0.573 e. The number of urea groups is 1. The summed E-state index contributed by atoms with van der Waals surface area (Å²) in [5.41, 5.74) is 0.200. The molecule has 1 fully saturated rings. The molecule has 0 aromatic heterocycles. The van der Waals surface area contributed by atoms with E-state index < -0.39 is 30.1 Å². The van der Waals surface area contributed by atoms with Gasteiger partial charge in [-0.2, -0.15) is 0 Å². The first kappa shape index (κ1) is 14.2. The zero-order valence-corrected chi connectivity index (χ0v) is 10.6. The van der Waals surface area contributed by atoms with Crippen LogP contribution in [0, 0.1) is 0 Å². The van der Waals surface area contributed by atoms with Crippen LogP contribution in [0.2, 0.25) is 0 Å². The number of imide groups is 1. The molecular formula is C12H11F3N2O3. The van der Waals surface area contributed by atoms with Crippen molar-refractivity contribution in [3.05, 3.63) is 24.3 Å². The monoisotopic (exact) mass is 288 g/mol. The van der Waals surface area contributed by atoms with Crippen LogP contribution in [-0.4, -0.2) is 36.3 Å². The van der Waals surface area contributed by atoms with Gasteiger partial charge >= 0.3 is 12.4 Å². The van der Waals surface area contributed by atoms with Gasteiger partial charge in [0.1, 0.15) is 11.8 Å². The second-order valence-corrected chi connectivity index (χ2v) is 4.28. The lowest BCUT2D eigenvalue weighted by atomic mass is 10.2. The van der Waals surface area contributed by atoms with Crippen LogP contribution in [0.3, 0.4) is 0 Å². The summed E-state index contributed by atoms with van der Waals surface area (Å²) in [5.74, 6) is -0.844. The van der Waals surface area contributed by atoms with E-state index >= 15 is 0 Å². The van der Waals surface area contributed by atoms with Gasteiger partial charge in [-0.05, 0) is 31.2 Å². The summed E-state index contributed by atoms with van der Waals surface area (Å²) in [7, 11) is 1.48. The second kappa shape index (κ2) is 4.69. The molecule has 0 spiro atoms. The summed E-state index contributed by atoms with van der Waals surface area (Å²) in [5, 5.41) is 0. The van der Waals surface area contributed by atoms with Gasteiger partial charge in [-0.1, -0.05) is 0 Å². The van der Waals surface area contributed by atoms with Gasteiger partial charge in [0.15, 0.2) is 0 Å². The molecule has 1 heterocycles. The molecule has 0 N–H and O–H groups in total. The third-order valence-corrected chi connectivity index (χ3v) is 2.98. The van der Waals surface area contributed by atoms with Crippen LogP contribution >= 0.6 is 0 Å². The fourth-order valence-corrected chi connectivity index (χ4v) is 1.80. The Labute approximate surface area is 112 Å². The maximum atomic E-state index is 12.0. The highest BCUT2D eigenvalue weighted by Gasteiger charge is 2.41. The number of amides is 3. The highest BCUT2D eigenvalue weighted by Crippen LogP contribution is 2.28. The quantitative estimate of drug-likeness (QED) is 0.785. The van der Waals surface area contributed by atoms with E-state index in [1.54, 1.807) is 6.92 Å². The zero-order chi connectivity index (χ0) is 15.1. The Bertz CT molecular complexity index is 522. The highest BCUT2D eigenvalue weighted by atomic mass is 19.4. The Hall–Kier alpha value is -2.25. The lowest BCUT2D eigenvalue weighted by molar-refractivity contribution is -0.274. The summed E-state index contributed by atoms with van der Waals surface area (Å²) in [6.07, 6.45) is -4.78. The van der Waals surface area contributed by atoms with Crippen LogP contribution in [0.25, 0.3) is 0 Å². The number of rotatable bonds is 2. The molecule has 0 bridgehead atoms. The zero-order valence-electron chi connectivity index (χ0n) is 10.6. The van der Waals surface area contributed by atoms with Crippen molar-refractivity contribution in [2.24, 2.45) is 0 Å². The predicted octanol–water partition coefficient (Wildman–Crippen LogP) is 2.37. The molecule has 5 nitrogen and oxygen atoms in total. The van der Waals surface area contributed by atoms with Gasteiger partial charge in [0.25, 0.3) is 5.91 Å². The van der Waals surface area contributed by atoms with E-state index in [1.807, 2.05) is 0 Å². The van der Waals surface area contributed by atoms with E-state index in [2.05, 4.69) is 4.74 Å². The molecule has 1 aliphatic rings. The van der Waals surface area contributed by atoms with Gasteiger partial charge in [-0.3, -0.25) is 4.79 Å². The first-order valence-corrected chi connectivity index (χ1v) is 5.67. The molecule has 3 amide bonds. The van der Waals surface area contributed by atoms with Crippen molar-refractivity contribution < 1.29 is 27.5 Å². The van der Waals surface area contributed by atoms with E-state index in [-0.39, 0.29) is 5.69 Å². The highest BCUT2D eigenvalue weighted by molar-refractivity contribution is 6.21. The molecule has 1 aromatic carbocycles. The largest absolute Gasteiger partial charge is 0.573 e. The average Bonchev–Trinajstić information content (AvgIpc) is 2.54. The van der Waals surface area contributed by atoms with Crippen molar-refractivity contribution in [2.45, 2.75) is 19.3 Å². The van der Waals surface area contributed by atoms with E-state index in [9.17, 15) is 22.8 Å². The molecule has 108 valence electrons. The maximum absolute atomic E-state index is 12.0. The number of halogens is 3.